The molecular formula is C5H7Br. The van der Waals surface area contributed by atoms with Crippen molar-refractivity contribution < 1.29 is 0 Å². The van der Waals surface area contributed by atoms with Crippen LogP contribution >= 0.6 is 15.9 Å². The fourth-order valence-electron chi connectivity index (χ4n) is 0.447. The van der Waals surface area contributed by atoms with Crippen LogP contribution in [0.5, 0.6) is 0 Å². The third-order valence-electron chi connectivity index (χ3n) is 1.15. The van der Waals surface area contributed by atoms with Crippen LogP contribution in [0.3, 0.4) is 0 Å². The Hall–Kier alpha value is 0.220. The van der Waals surface area contributed by atoms with Crippen molar-refractivity contribution in [2.24, 2.45) is 5.92 Å². The summed E-state index contributed by atoms with van der Waals surface area (Å²) in [6.07, 6.45) is 1.31. The molecule has 0 heterocycles. The molecule has 0 nitrogen and oxygen atoms in total. The number of hydrogen-bond donors (Lipinski definition) is 0. The molecule has 0 saturated heterocycles. The predicted molar refractivity (Wildman–Crippen MR) is 30.8 cm³/mol. The largest absolute Gasteiger partial charge is 0.0596 e. The number of rotatable bonds is 0. The van der Waals surface area contributed by atoms with E-state index in [9.17, 15) is 0 Å². The van der Waals surface area contributed by atoms with Gasteiger partial charge in [0.1, 0.15) is 0 Å². The normalized spacial score (nSPS) is 37.7. The molecular weight excluding hydrogens is 140 g/mol. The van der Waals surface area contributed by atoms with Crippen LogP contribution in [-0.2, 0) is 0 Å². The Labute approximate surface area is 46.4 Å². The fourth-order valence-corrected chi connectivity index (χ4v) is 1.08. The van der Waals surface area contributed by atoms with Crippen molar-refractivity contribution in [3.8, 4) is 0 Å². The van der Waals surface area contributed by atoms with E-state index in [4.69, 9.17) is 0 Å². The second-order valence-electron chi connectivity index (χ2n) is 1.79. The average molecular weight is 147 g/mol. The lowest BCUT2D eigenvalue weighted by Crippen LogP contribution is -1.48. The van der Waals surface area contributed by atoms with Gasteiger partial charge in [0.05, 0.1) is 0 Å². The van der Waals surface area contributed by atoms with Crippen molar-refractivity contribution in [3.05, 3.63) is 10.6 Å². The van der Waals surface area contributed by atoms with Crippen LogP contribution < -0.4 is 0 Å². The quantitative estimate of drug-likeness (QED) is 0.493. The zero-order valence-electron chi connectivity index (χ0n) is 3.74. The van der Waals surface area contributed by atoms with Crippen molar-refractivity contribution in [1.29, 1.82) is 0 Å². The molecule has 6 heavy (non-hydrogen) atoms. The van der Waals surface area contributed by atoms with E-state index in [2.05, 4.69) is 22.9 Å². The minimum absolute atomic E-state index is 0.879. The Morgan fingerprint density at radius 3 is 2.50 bits per heavy atom. The highest BCUT2D eigenvalue weighted by molar-refractivity contribution is 9.11. The van der Waals surface area contributed by atoms with Gasteiger partial charge >= 0.3 is 0 Å². The van der Waals surface area contributed by atoms with E-state index >= 15 is 0 Å². The van der Waals surface area contributed by atoms with Gasteiger partial charge in [-0.1, -0.05) is 28.4 Å². The second-order valence-corrected chi connectivity index (χ2v) is 2.25. The van der Waals surface area contributed by atoms with E-state index in [-0.39, 0.29) is 0 Å². The van der Waals surface area contributed by atoms with Crippen LogP contribution in [0, 0.1) is 5.92 Å². The van der Waals surface area contributed by atoms with Crippen LogP contribution in [-0.4, -0.2) is 0 Å². The third kappa shape index (κ3) is 0.648. The smallest absolute Gasteiger partial charge is 0.0186 e. The molecule has 0 spiro atoms. The Morgan fingerprint density at radius 1 is 2.00 bits per heavy atom. The van der Waals surface area contributed by atoms with Gasteiger partial charge in [0.2, 0.25) is 0 Å². The summed E-state index contributed by atoms with van der Waals surface area (Å²) in [5, 5.41) is 0. The summed E-state index contributed by atoms with van der Waals surface area (Å²) in [6, 6.07) is 0. The van der Waals surface area contributed by atoms with Crippen molar-refractivity contribution in [2.75, 3.05) is 0 Å². The highest BCUT2D eigenvalue weighted by atomic mass is 79.9. The summed E-state index contributed by atoms with van der Waals surface area (Å²) in [7, 11) is 0. The van der Waals surface area contributed by atoms with Crippen molar-refractivity contribution in [2.45, 2.75) is 13.3 Å². The lowest BCUT2D eigenvalue weighted by Gasteiger charge is -1.62. The first kappa shape index (κ1) is 4.38. The lowest BCUT2D eigenvalue weighted by atomic mass is 10.5. The topological polar surface area (TPSA) is 0 Å². The molecule has 34 valence electrons. The molecule has 1 saturated carbocycles. The Kier molecular flexibility index (Phi) is 1.00. The van der Waals surface area contributed by atoms with Gasteiger partial charge < -0.3 is 0 Å². The van der Waals surface area contributed by atoms with E-state index < -0.39 is 0 Å². The van der Waals surface area contributed by atoms with Crippen LogP contribution in [0.2, 0.25) is 0 Å². The molecule has 0 aliphatic heterocycles. The Morgan fingerprint density at radius 2 is 2.50 bits per heavy atom. The summed E-state index contributed by atoms with van der Waals surface area (Å²) >= 11 is 3.25. The molecule has 1 unspecified atom stereocenters. The molecule has 1 rings (SSSR count). The first-order chi connectivity index (χ1) is 2.84. The standard InChI is InChI=1S/C5H7Br/c1-4-2-5(4)3-6/h3-4H,2H2,1H3/b5-3+. The van der Waals surface area contributed by atoms with E-state index in [1.165, 1.54) is 6.42 Å². The van der Waals surface area contributed by atoms with E-state index in [1.807, 2.05) is 4.99 Å². The molecule has 1 aliphatic rings. The molecule has 1 atom stereocenters. The molecule has 0 bridgehead atoms. The molecule has 0 aromatic heterocycles. The predicted octanol–water partition coefficient (Wildman–Crippen LogP) is 2.31. The minimum Gasteiger partial charge on any atom is -0.0596 e. The van der Waals surface area contributed by atoms with E-state index in [0.717, 1.165) is 5.92 Å². The minimum atomic E-state index is 0.879. The molecule has 0 aromatic rings. The first-order valence-corrected chi connectivity index (χ1v) is 3.05. The second kappa shape index (κ2) is 1.38. The zero-order chi connectivity index (χ0) is 4.57. The summed E-state index contributed by atoms with van der Waals surface area (Å²) in [5.41, 5.74) is 1.55. The van der Waals surface area contributed by atoms with Gasteiger partial charge in [0, 0.05) is 0 Å². The molecule has 0 aromatic carbocycles. The number of hydrogen-bond acceptors (Lipinski definition) is 0. The third-order valence-corrected chi connectivity index (χ3v) is 1.74. The van der Waals surface area contributed by atoms with Gasteiger partial charge in [-0.05, 0) is 17.3 Å². The van der Waals surface area contributed by atoms with Gasteiger partial charge in [0.25, 0.3) is 0 Å². The summed E-state index contributed by atoms with van der Waals surface area (Å²) < 4.78 is 0. The first-order valence-electron chi connectivity index (χ1n) is 2.13. The summed E-state index contributed by atoms with van der Waals surface area (Å²) in [5.74, 6) is 0.879. The maximum atomic E-state index is 3.25. The van der Waals surface area contributed by atoms with Gasteiger partial charge in [-0.25, -0.2) is 0 Å². The molecule has 1 aliphatic carbocycles. The average Bonchev–Trinajstić information content (AvgIpc) is 2.19. The van der Waals surface area contributed by atoms with E-state index in [0.29, 0.717) is 0 Å². The molecule has 0 radical (unpaired) electrons. The summed E-state index contributed by atoms with van der Waals surface area (Å²) in [6.45, 7) is 2.23. The zero-order valence-corrected chi connectivity index (χ0v) is 5.33. The molecule has 1 fully saturated rings. The Balaban J connectivity index is 2.44. The van der Waals surface area contributed by atoms with Crippen LogP contribution in [0.25, 0.3) is 0 Å². The summed E-state index contributed by atoms with van der Waals surface area (Å²) in [4.78, 5) is 2.03. The lowest BCUT2D eigenvalue weighted by molar-refractivity contribution is 1.02. The van der Waals surface area contributed by atoms with Gasteiger partial charge in [-0.15, -0.1) is 0 Å². The van der Waals surface area contributed by atoms with Crippen LogP contribution in [0.15, 0.2) is 10.6 Å². The molecule has 0 amide bonds. The van der Waals surface area contributed by atoms with Crippen LogP contribution in [0.4, 0.5) is 0 Å². The van der Waals surface area contributed by atoms with Gasteiger partial charge in [-0.2, -0.15) is 0 Å². The number of halogens is 1. The maximum Gasteiger partial charge on any atom is -0.0186 e. The Bertz CT molecular complexity index is 83.9. The van der Waals surface area contributed by atoms with Gasteiger partial charge in [-0.3, -0.25) is 0 Å². The SMILES string of the molecule is CC1C/C1=C\Br. The highest BCUT2D eigenvalue weighted by Crippen LogP contribution is 2.37. The molecule has 1 heteroatoms. The highest BCUT2D eigenvalue weighted by Gasteiger charge is 2.22. The molecule has 0 N–H and O–H groups in total. The van der Waals surface area contributed by atoms with E-state index in [1.54, 1.807) is 5.57 Å². The van der Waals surface area contributed by atoms with Crippen molar-refractivity contribution in [1.82, 2.24) is 0 Å². The fraction of sp³-hybridized carbons (Fsp3) is 0.600. The van der Waals surface area contributed by atoms with Crippen molar-refractivity contribution in [3.63, 3.8) is 0 Å². The maximum absolute atomic E-state index is 3.25. The number of allylic oxidation sites excluding steroid dienone is 1. The van der Waals surface area contributed by atoms with Gasteiger partial charge in [0.15, 0.2) is 0 Å². The van der Waals surface area contributed by atoms with Crippen molar-refractivity contribution >= 4 is 15.9 Å². The monoisotopic (exact) mass is 146 g/mol. The van der Waals surface area contributed by atoms with Crippen LogP contribution in [0.1, 0.15) is 13.3 Å².